The maximum Gasteiger partial charge on any atom is 0.264 e. The van der Waals surface area contributed by atoms with E-state index in [-0.39, 0.29) is 24.1 Å². The molecule has 3 aromatic rings. The van der Waals surface area contributed by atoms with Crippen LogP contribution >= 0.6 is 0 Å². The predicted octanol–water partition coefficient (Wildman–Crippen LogP) is 1.49. The Bertz CT molecular complexity index is 1080. The lowest BCUT2D eigenvalue weighted by Crippen LogP contribution is -2.36. The Morgan fingerprint density at radius 2 is 2.21 bits per heavy atom. The van der Waals surface area contributed by atoms with E-state index < -0.39 is 0 Å². The molecule has 0 aliphatic carbocycles. The van der Waals surface area contributed by atoms with Crippen molar-refractivity contribution in [1.29, 1.82) is 0 Å². The minimum Gasteiger partial charge on any atom is -0.376 e. The highest BCUT2D eigenvalue weighted by molar-refractivity contribution is 5.78. The topological polar surface area (TPSA) is 91.0 Å². The van der Waals surface area contributed by atoms with Gasteiger partial charge in [0, 0.05) is 13.2 Å². The number of fused-ring (bicyclic) bond motifs is 1. The molecule has 0 bridgehead atoms. The Morgan fingerprint density at radius 1 is 1.36 bits per heavy atom. The van der Waals surface area contributed by atoms with E-state index in [9.17, 15) is 9.59 Å². The maximum atomic E-state index is 12.8. The first-order valence-electron chi connectivity index (χ1n) is 9.42. The zero-order valence-corrected chi connectivity index (χ0v) is 16.0. The summed E-state index contributed by atoms with van der Waals surface area (Å²) in [6.07, 6.45) is 4.94. The first kappa shape index (κ1) is 18.4. The summed E-state index contributed by atoms with van der Waals surface area (Å²) in [6, 6.07) is 5.92. The third-order valence-corrected chi connectivity index (χ3v) is 5.22. The molecule has 3 heterocycles. The summed E-state index contributed by atoms with van der Waals surface area (Å²) < 4.78 is 8.47. The van der Waals surface area contributed by atoms with Crippen molar-refractivity contribution in [2.75, 3.05) is 13.2 Å². The number of aryl methyl sites for hydroxylation is 1. The van der Waals surface area contributed by atoms with Crippen LogP contribution in [0.5, 0.6) is 0 Å². The van der Waals surface area contributed by atoms with E-state index in [1.165, 1.54) is 17.1 Å². The summed E-state index contributed by atoms with van der Waals surface area (Å²) in [5, 5.41) is 7.57. The largest absolute Gasteiger partial charge is 0.376 e. The molecule has 1 aliphatic heterocycles. The van der Waals surface area contributed by atoms with Gasteiger partial charge in [0.25, 0.3) is 5.56 Å². The molecular formula is C20H23N5O3. The van der Waals surface area contributed by atoms with E-state index in [2.05, 4.69) is 15.4 Å². The molecule has 1 saturated heterocycles. The van der Waals surface area contributed by atoms with Crippen LogP contribution in [0, 0.1) is 13.8 Å². The molecule has 1 aliphatic rings. The number of carbonyl (C=O) groups excluding carboxylic acids is 1. The van der Waals surface area contributed by atoms with Crippen molar-refractivity contribution in [2.45, 2.75) is 39.3 Å². The highest BCUT2D eigenvalue weighted by Crippen LogP contribution is 2.19. The van der Waals surface area contributed by atoms with Gasteiger partial charge in [0.05, 0.1) is 18.0 Å². The minimum absolute atomic E-state index is 0.0667. The first-order chi connectivity index (χ1) is 13.5. The number of nitrogens with one attached hydrogen (secondary N) is 1. The van der Waals surface area contributed by atoms with Gasteiger partial charge in [-0.3, -0.25) is 14.2 Å². The van der Waals surface area contributed by atoms with E-state index in [4.69, 9.17) is 4.74 Å². The zero-order chi connectivity index (χ0) is 19.7. The summed E-state index contributed by atoms with van der Waals surface area (Å²) in [5.41, 5.74) is 3.29. The Morgan fingerprint density at radius 3 is 3.00 bits per heavy atom. The van der Waals surface area contributed by atoms with Crippen LogP contribution in [0.25, 0.3) is 16.7 Å². The van der Waals surface area contributed by atoms with Crippen LogP contribution in [0.1, 0.15) is 24.0 Å². The smallest absolute Gasteiger partial charge is 0.264 e. The van der Waals surface area contributed by atoms with Gasteiger partial charge < -0.3 is 10.1 Å². The predicted molar refractivity (Wildman–Crippen MR) is 105 cm³/mol. The van der Waals surface area contributed by atoms with Gasteiger partial charge in [0.2, 0.25) is 5.91 Å². The van der Waals surface area contributed by atoms with Crippen LogP contribution in [-0.4, -0.2) is 44.5 Å². The number of benzene rings is 1. The van der Waals surface area contributed by atoms with Crippen LogP contribution in [0.3, 0.4) is 0 Å². The van der Waals surface area contributed by atoms with E-state index in [1.807, 2.05) is 32.0 Å². The molecule has 2 aromatic heterocycles. The van der Waals surface area contributed by atoms with Crippen molar-refractivity contribution in [3.63, 3.8) is 0 Å². The molecule has 0 radical (unpaired) electrons. The standard InChI is InChI=1S/C20H23N5O3/c1-13-5-3-7-17(14(13)2)25-19-16(10-23-25)20(27)24(12-22-19)11-18(26)21-9-15-6-4-8-28-15/h3,5,7,10,12,15H,4,6,8-9,11H2,1-2H3,(H,21,26)/t15-/m0/s1. The number of nitrogens with zero attached hydrogens (tertiary/aromatic N) is 4. The average molecular weight is 381 g/mol. The molecule has 8 nitrogen and oxygen atoms in total. The van der Waals surface area contributed by atoms with Crippen molar-refractivity contribution < 1.29 is 9.53 Å². The van der Waals surface area contributed by atoms with Gasteiger partial charge in [0.1, 0.15) is 18.3 Å². The molecule has 1 N–H and O–H groups in total. The van der Waals surface area contributed by atoms with Gasteiger partial charge in [-0.2, -0.15) is 5.10 Å². The fourth-order valence-corrected chi connectivity index (χ4v) is 3.45. The Kier molecular flexibility index (Phi) is 4.95. The van der Waals surface area contributed by atoms with Crippen LogP contribution in [-0.2, 0) is 16.1 Å². The fourth-order valence-electron chi connectivity index (χ4n) is 3.45. The highest BCUT2D eigenvalue weighted by atomic mass is 16.5. The molecule has 146 valence electrons. The molecule has 1 atom stereocenters. The van der Waals surface area contributed by atoms with Crippen LogP contribution in [0.4, 0.5) is 0 Å². The lowest BCUT2D eigenvalue weighted by atomic mass is 10.1. The van der Waals surface area contributed by atoms with Crippen LogP contribution in [0.15, 0.2) is 35.5 Å². The fraction of sp³-hybridized carbons (Fsp3) is 0.400. The van der Waals surface area contributed by atoms with E-state index in [0.29, 0.717) is 17.6 Å². The summed E-state index contributed by atoms with van der Waals surface area (Å²) in [7, 11) is 0. The summed E-state index contributed by atoms with van der Waals surface area (Å²) >= 11 is 0. The second-order valence-electron chi connectivity index (χ2n) is 7.13. The van der Waals surface area contributed by atoms with Crippen molar-refractivity contribution in [2.24, 2.45) is 0 Å². The van der Waals surface area contributed by atoms with Crippen molar-refractivity contribution in [3.8, 4) is 5.69 Å². The summed E-state index contributed by atoms with van der Waals surface area (Å²) in [6.45, 7) is 5.17. The lowest BCUT2D eigenvalue weighted by Gasteiger charge is -2.12. The maximum absolute atomic E-state index is 12.8. The molecule has 0 spiro atoms. The normalized spacial score (nSPS) is 16.6. The Balaban J connectivity index is 1.57. The minimum atomic E-state index is -0.283. The highest BCUT2D eigenvalue weighted by Gasteiger charge is 2.17. The number of aromatic nitrogens is 4. The first-order valence-corrected chi connectivity index (χ1v) is 9.42. The van der Waals surface area contributed by atoms with Crippen LogP contribution < -0.4 is 10.9 Å². The zero-order valence-electron chi connectivity index (χ0n) is 16.0. The number of carbonyl (C=O) groups is 1. The SMILES string of the molecule is Cc1cccc(-n2ncc3c(=O)n(CC(=O)NC[C@@H]4CCCO4)cnc32)c1C. The monoisotopic (exact) mass is 381 g/mol. The molecule has 4 rings (SSSR count). The van der Waals surface area contributed by atoms with Gasteiger partial charge in [0.15, 0.2) is 5.65 Å². The Labute approximate surface area is 162 Å². The Hall–Kier alpha value is -3.00. The van der Waals surface area contributed by atoms with Crippen molar-refractivity contribution in [3.05, 3.63) is 52.2 Å². The second-order valence-corrected chi connectivity index (χ2v) is 7.13. The van der Waals surface area contributed by atoms with Gasteiger partial charge >= 0.3 is 0 Å². The van der Waals surface area contributed by atoms with Crippen molar-refractivity contribution in [1.82, 2.24) is 24.6 Å². The molecule has 1 amide bonds. The number of ether oxygens (including phenoxy) is 1. The van der Waals surface area contributed by atoms with E-state index >= 15 is 0 Å². The van der Waals surface area contributed by atoms with Crippen molar-refractivity contribution >= 4 is 16.9 Å². The third-order valence-electron chi connectivity index (χ3n) is 5.22. The summed E-state index contributed by atoms with van der Waals surface area (Å²) in [5.74, 6) is -0.235. The second kappa shape index (κ2) is 7.55. The average Bonchev–Trinajstić information content (AvgIpc) is 3.35. The number of hydrogen-bond donors (Lipinski definition) is 1. The summed E-state index contributed by atoms with van der Waals surface area (Å²) in [4.78, 5) is 29.4. The van der Waals surface area contributed by atoms with E-state index in [0.717, 1.165) is 36.3 Å². The molecule has 28 heavy (non-hydrogen) atoms. The molecule has 1 aromatic carbocycles. The molecule has 1 fully saturated rings. The molecular weight excluding hydrogens is 358 g/mol. The number of amides is 1. The van der Waals surface area contributed by atoms with E-state index in [1.54, 1.807) is 4.68 Å². The lowest BCUT2D eigenvalue weighted by molar-refractivity contribution is -0.122. The molecule has 0 unspecified atom stereocenters. The van der Waals surface area contributed by atoms with Gasteiger partial charge in [-0.05, 0) is 43.9 Å². The quantitative estimate of drug-likeness (QED) is 0.723. The van der Waals surface area contributed by atoms with Gasteiger partial charge in [-0.15, -0.1) is 0 Å². The number of hydrogen-bond acceptors (Lipinski definition) is 5. The third kappa shape index (κ3) is 3.43. The number of rotatable bonds is 5. The molecule has 0 saturated carbocycles. The van der Waals surface area contributed by atoms with Crippen LogP contribution in [0.2, 0.25) is 0 Å². The van der Waals surface area contributed by atoms with Gasteiger partial charge in [-0.1, -0.05) is 12.1 Å². The van der Waals surface area contributed by atoms with Gasteiger partial charge in [-0.25, -0.2) is 9.67 Å². The molecule has 8 heteroatoms.